The van der Waals surface area contributed by atoms with E-state index in [0.717, 1.165) is 29.2 Å². The van der Waals surface area contributed by atoms with Crippen molar-refractivity contribution in [3.8, 4) is 11.5 Å². The van der Waals surface area contributed by atoms with E-state index in [4.69, 9.17) is 30.9 Å². The van der Waals surface area contributed by atoms with E-state index in [1.54, 1.807) is 54.7 Å². The minimum Gasteiger partial charge on any atom is -0.497 e. The highest BCUT2D eigenvalue weighted by molar-refractivity contribution is 7.12. The molecule has 0 spiro atoms. The molecule has 3 aromatic rings. The number of carbonyl (C=O) groups is 2. The van der Waals surface area contributed by atoms with Crippen LogP contribution in [0.1, 0.15) is 33.3 Å². The summed E-state index contributed by atoms with van der Waals surface area (Å²) in [5.74, 6) is 0.689. The van der Waals surface area contributed by atoms with Gasteiger partial charge >= 0.3 is 0 Å². The van der Waals surface area contributed by atoms with Crippen molar-refractivity contribution in [3.05, 3.63) is 81.0 Å². The largest absolute Gasteiger partial charge is 0.497 e. The van der Waals surface area contributed by atoms with Crippen molar-refractivity contribution in [1.82, 2.24) is 14.8 Å². The Bertz CT molecular complexity index is 1390. The minimum atomic E-state index is -0.429. The van der Waals surface area contributed by atoms with Crippen LogP contribution in [0.3, 0.4) is 0 Å². The minimum absolute atomic E-state index is 0.154. The maximum Gasteiger partial charge on any atom is 0.262 e. The van der Waals surface area contributed by atoms with E-state index >= 15 is 0 Å². The van der Waals surface area contributed by atoms with Gasteiger partial charge in [0.2, 0.25) is 0 Å². The van der Waals surface area contributed by atoms with Crippen LogP contribution in [-0.4, -0.2) is 92.5 Å². The number of carbonyl (C=O) groups excluding carboxylic acids is 2. The molecule has 1 saturated heterocycles. The Balaban J connectivity index is 1.45. The maximum atomic E-state index is 14.1. The molecule has 0 aliphatic carbocycles. The molecule has 0 unspecified atom stereocenters. The molecule has 2 aliphatic rings. The van der Waals surface area contributed by atoms with Gasteiger partial charge in [-0.05, 0) is 41.8 Å². The summed E-state index contributed by atoms with van der Waals surface area (Å²) < 4.78 is 16.6. The first-order valence-corrected chi connectivity index (χ1v) is 14.7. The summed E-state index contributed by atoms with van der Waals surface area (Å²) in [5.41, 5.74) is 1.95. The van der Waals surface area contributed by atoms with E-state index in [0.29, 0.717) is 54.8 Å². The predicted octanol–water partition coefficient (Wildman–Crippen LogP) is 4.57. The van der Waals surface area contributed by atoms with Gasteiger partial charge in [-0.25, -0.2) is 5.01 Å². The number of methoxy groups -OCH3 is 2. The monoisotopic (exact) mass is 596 g/mol. The van der Waals surface area contributed by atoms with E-state index in [9.17, 15) is 9.59 Å². The van der Waals surface area contributed by atoms with Crippen molar-refractivity contribution >= 4 is 40.5 Å². The zero-order valence-electron chi connectivity index (χ0n) is 23.1. The van der Waals surface area contributed by atoms with Gasteiger partial charge in [-0.2, -0.15) is 5.10 Å². The van der Waals surface area contributed by atoms with Gasteiger partial charge in [0.1, 0.15) is 18.0 Å². The molecule has 2 aromatic carbocycles. The first-order valence-electron chi connectivity index (χ1n) is 13.5. The van der Waals surface area contributed by atoms with Gasteiger partial charge in [-0.1, -0.05) is 29.8 Å². The van der Waals surface area contributed by atoms with E-state index in [2.05, 4.69) is 4.90 Å². The molecular formula is C30H33ClN4O5S. The Kier molecular flexibility index (Phi) is 9.56. The van der Waals surface area contributed by atoms with Gasteiger partial charge in [0.25, 0.3) is 11.8 Å². The molecule has 1 atom stereocenters. The second kappa shape index (κ2) is 13.5. The standard InChI is InChI=1S/C30H33ClN4O5S/c1-38-21-9-10-27(39-2)23(18-21)26-19-25(28-8-5-17-41-28)32-35(26)29(36)20-34(12-11-33-13-15-40-16-14-33)30(37)22-6-3-4-7-24(22)31/h3-10,17-18,26H,11-16,19-20H2,1-2H3/t26-/m1/s1. The maximum absolute atomic E-state index is 14.1. The summed E-state index contributed by atoms with van der Waals surface area (Å²) in [6, 6.07) is 16.0. The number of thiophene rings is 1. The fraction of sp³-hybridized carbons (Fsp3) is 0.367. The van der Waals surface area contributed by atoms with E-state index in [-0.39, 0.29) is 18.4 Å². The third-order valence-corrected chi connectivity index (χ3v) is 8.52. The molecular weight excluding hydrogens is 564 g/mol. The molecule has 0 radical (unpaired) electrons. The zero-order chi connectivity index (χ0) is 28.8. The van der Waals surface area contributed by atoms with E-state index in [1.807, 2.05) is 35.7 Å². The van der Waals surface area contributed by atoms with Crippen LogP contribution in [0.25, 0.3) is 0 Å². The molecule has 0 saturated carbocycles. The Morgan fingerprint density at radius 3 is 2.61 bits per heavy atom. The fourth-order valence-electron chi connectivity index (χ4n) is 5.05. The topological polar surface area (TPSA) is 83.9 Å². The zero-order valence-corrected chi connectivity index (χ0v) is 24.7. The third kappa shape index (κ3) is 6.73. The average molecular weight is 597 g/mol. The van der Waals surface area contributed by atoms with Crippen LogP contribution in [-0.2, 0) is 9.53 Å². The molecule has 11 heteroatoms. The summed E-state index contributed by atoms with van der Waals surface area (Å²) in [6.45, 7) is 3.67. The van der Waals surface area contributed by atoms with Crippen LogP contribution >= 0.6 is 22.9 Å². The smallest absolute Gasteiger partial charge is 0.262 e. The highest BCUT2D eigenvalue weighted by atomic mass is 35.5. The summed E-state index contributed by atoms with van der Waals surface area (Å²) in [6.07, 6.45) is 0.502. The van der Waals surface area contributed by atoms with E-state index < -0.39 is 6.04 Å². The Morgan fingerprint density at radius 2 is 1.90 bits per heavy atom. The highest BCUT2D eigenvalue weighted by Gasteiger charge is 2.37. The number of hydrazone groups is 1. The van der Waals surface area contributed by atoms with Gasteiger partial charge < -0.3 is 19.1 Å². The molecule has 0 bridgehead atoms. The van der Waals surface area contributed by atoms with Crippen LogP contribution in [0, 0.1) is 0 Å². The molecule has 2 amide bonds. The lowest BCUT2D eigenvalue weighted by atomic mass is 9.99. The van der Waals surface area contributed by atoms with Gasteiger partial charge in [0, 0.05) is 38.2 Å². The number of nitrogens with zero attached hydrogens (tertiary/aromatic N) is 4. The molecule has 0 N–H and O–H groups in total. The molecule has 41 heavy (non-hydrogen) atoms. The molecule has 1 aromatic heterocycles. The molecule has 5 rings (SSSR count). The lowest BCUT2D eigenvalue weighted by Gasteiger charge is -2.31. The van der Waals surface area contributed by atoms with Crippen molar-refractivity contribution in [3.63, 3.8) is 0 Å². The molecule has 3 heterocycles. The van der Waals surface area contributed by atoms with Crippen molar-refractivity contribution in [2.45, 2.75) is 12.5 Å². The predicted molar refractivity (Wildman–Crippen MR) is 159 cm³/mol. The van der Waals surface area contributed by atoms with Crippen LogP contribution < -0.4 is 9.47 Å². The number of rotatable bonds is 10. The average Bonchev–Trinajstić information content (AvgIpc) is 3.70. The van der Waals surface area contributed by atoms with Crippen LogP contribution in [0.15, 0.2) is 65.1 Å². The second-order valence-electron chi connectivity index (χ2n) is 9.75. The molecule has 9 nitrogen and oxygen atoms in total. The SMILES string of the molecule is COc1ccc(OC)c([C@H]2CC(c3cccs3)=NN2C(=O)CN(CCN2CCOCC2)C(=O)c2ccccc2Cl)c1. The number of hydrogen-bond donors (Lipinski definition) is 0. The van der Waals surface area contributed by atoms with Crippen molar-refractivity contribution in [2.75, 3.05) is 60.2 Å². The first kappa shape index (κ1) is 29.1. The van der Waals surface area contributed by atoms with Crippen LogP contribution in [0.2, 0.25) is 5.02 Å². The quantitative estimate of drug-likeness (QED) is 0.341. The summed E-state index contributed by atoms with van der Waals surface area (Å²) in [7, 11) is 3.20. The summed E-state index contributed by atoms with van der Waals surface area (Å²) >= 11 is 7.97. The van der Waals surface area contributed by atoms with Gasteiger partial charge in [0.15, 0.2) is 0 Å². The molecule has 1 fully saturated rings. The van der Waals surface area contributed by atoms with Crippen molar-refractivity contribution in [2.24, 2.45) is 5.10 Å². The number of hydrogen-bond acceptors (Lipinski definition) is 8. The number of halogens is 1. The number of benzene rings is 2. The number of amides is 2. The van der Waals surface area contributed by atoms with Crippen LogP contribution in [0.4, 0.5) is 0 Å². The molecule has 216 valence electrons. The lowest BCUT2D eigenvalue weighted by Crippen LogP contribution is -2.46. The summed E-state index contributed by atoms with van der Waals surface area (Å²) in [4.78, 5) is 32.6. The number of morpholine rings is 1. The molecule has 2 aliphatic heterocycles. The van der Waals surface area contributed by atoms with Crippen LogP contribution in [0.5, 0.6) is 11.5 Å². The fourth-order valence-corrected chi connectivity index (χ4v) is 5.99. The first-order chi connectivity index (χ1) is 20.0. The third-order valence-electron chi connectivity index (χ3n) is 7.27. The number of ether oxygens (including phenoxy) is 3. The highest BCUT2D eigenvalue weighted by Crippen LogP contribution is 2.40. The lowest BCUT2D eigenvalue weighted by molar-refractivity contribution is -0.133. The Labute approximate surface area is 248 Å². The van der Waals surface area contributed by atoms with Gasteiger partial charge in [-0.3, -0.25) is 14.5 Å². The van der Waals surface area contributed by atoms with E-state index in [1.165, 1.54) is 5.01 Å². The Morgan fingerprint density at radius 1 is 1.10 bits per heavy atom. The normalized spacial score (nSPS) is 17.3. The van der Waals surface area contributed by atoms with Crippen molar-refractivity contribution < 1.29 is 23.8 Å². The second-order valence-corrected chi connectivity index (χ2v) is 11.1. The van der Waals surface area contributed by atoms with Crippen molar-refractivity contribution in [1.29, 1.82) is 0 Å². The van der Waals surface area contributed by atoms with Gasteiger partial charge in [0.05, 0.1) is 54.7 Å². The Hall–Kier alpha value is -3.44. The van der Waals surface area contributed by atoms with Gasteiger partial charge in [-0.15, -0.1) is 11.3 Å². The summed E-state index contributed by atoms with van der Waals surface area (Å²) in [5, 5.41) is 8.62.